The fourth-order valence-corrected chi connectivity index (χ4v) is 1.87. The highest BCUT2D eigenvalue weighted by Crippen LogP contribution is 2.27. The zero-order valence-corrected chi connectivity index (χ0v) is 8.48. The molecule has 0 aliphatic heterocycles. The fourth-order valence-electron chi connectivity index (χ4n) is 1.87. The molecular weight excluding hydrogens is 206 g/mol. The largest absolute Gasteiger partial charge is 0.457 e. The number of fused-ring (bicyclic) bond motifs is 2. The summed E-state index contributed by atoms with van der Waals surface area (Å²) in [6, 6.07) is 4.83. The smallest absolute Gasteiger partial charge is 0.247 e. The topological polar surface area (TPSA) is 60.2 Å². The Morgan fingerprint density at radius 2 is 2.00 bits per heavy atom. The molecule has 2 aromatic heterocycles. The monoisotopic (exact) mass is 213 g/mol. The van der Waals surface area contributed by atoms with Gasteiger partial charge in [-0.25, -0.2) is 0 Å². The van der Waals surface area contributed by atoms with Crippen molar-refractivity contribution < 1.29 is 14.0 Å². The van der Waals surface area contributed by atoms with Gasteiger partial charge in [-0.2, -0.15) is 0 Å². The lowest BCUT2D eigenvalue weighted by molar-refractivity contribution is 0.0955. The van der Waals surface area contributed by atoms with Crippen molar-refractivity contribution in [3.05, 3.63) is 52.7 Å². The van der Waals surface area contributed by atoms with Crippen LogP contribution in [0.3, 0.4) is 0 Å². The van der Waals surface area contributed by atoms with Crippen LogP contribution in [0.1, 0.15) is 37.9 Å². The Hall–Kier alpha value is -2.23. The number of rotatable bonds is 0. The minimum Gasteiger partial charge on any atom is -0.457 e. The molecule has 0 amide bonds. The van der Waals surface area contributed by atoms with Gasteiger partial charge >= 0.3 is 0 Å². The summed E-state index contributed by atoms with van der Waals surface area (Å²) >= 11 is 0. The fraction of sp³-hybridized carbons (Fsp3) is 0.0833. The first-order valence-electron chi connectivity index (χ1n) is 4.83. The molecule has 16 heavy (non-hydrogen) atoms. The number of furan rings is 1. The molecule has 0 bridgehead atoms. The van der Waals surface area contributed by atoms with Gasteiger partial charge in [0, 0.05) is 6.20 Å². The third kappa shape index (κ3) is 1.01. The van der Waals surface area contributed by atoms with E-state index in [1.807, 2.05) is 0 Å². The Labute approximate surface area is 90.9 Å². The summed E-state index contributed by atoms with van der Waals surface area (Å²) in [4.78, 5) is 27.9. The molecule has 0 fully saturated rings. The van der Waals surface area contributed by atoms with Gasteiger partial charge in [0.2, 0.25) is 5.78 Å². The van der Waals surface area contributed by atoms with E-state index in [-0.39, 0.29) is 23.0 Å². The predicted molar refractivity (Wildman–Crippen MR) is 54.5 cm³/mol. The van der Waals surface area contributed by atoms with Crippen molar-refractivity contribution in [2.45, 2.75) is 6.92 Å². The number of hydrogen-bond acceptors (Lipinski definition) is 4. The number of hydrogen-bond donors (Lipinski definition) is 0. The van der Waals surface area contributed by atoms with Gasteiger partial charge in [-0.05, 0) is 25.1 Å². The molecule has 1 aliphatic carbocycles. The van der Waals surface area contributed by atoms with Crippen LogP contribution in [0.5, 0.6) is 0 Å². The molecule has 0 N–H and O–H groups in total. The molecule has 4 nitrogen and oxygen atoms in total. The molecule has 0 aromatic carbocycles. The highest BCUT2D eigenvalue weighted by molar-refractivity contribution is 6.26. The van der Waals surface area contributed by atoms with Crippen molar-refractivity contribution in [3.8, 4) is 0 Å². The van der Waals surface area contributed by atoms with E-state index in [4.69, 9.17) is 4.42 Å². The number of aromatic nitrogens is 1. The van der Waals surface area contributed by atoms with E-state index in [9.17, 15) is 9.59 Å². The van der Waals surface area contributed by atoms with Crippen LogP contribution in [-0.4, -0.2) is 16.6 Å². The van der Waals surface area contributed by atoms with Crippen molar-refractivity contribution in [1.82, 2.24) is 4.98 Å². The van der Waals surface area contributed by atoms with Crippen molar-refractivity contribution in [2.75, 3.05) is 0 Å². The molecule has 2 heterocycles. The summed E-state index contributed by atoms with van der Waals surface area (Å²) in [5.74, 6) is 0.140. The quantitative estimate of drug-likeness (QED) is 0.570. The number of carbonyl (C=O) groups is 2. The first-order valence-corrected chi connectivity index (χ1v) is 4.83. The molecule has 78 valence electrons. The Kier molecular flexibility index (Phi) is 1.63. The molecule has 3 rings (SSSR count). The molecule has 2 aromatic rings. The minimum atomic E-state index is -0.321. The van der Waals surface area contributed by atoms with E-state index in [0.717, 1.165) is 0 Å². The van der Waals surface area contributed by atoms with Crippen molar-refractivity contribution in [3.63, 3.8) is 0 Å². The third-order valence-corrected chi connectivity index (χ3v) is 2.57. The highest BCUT2D eigenvalue weighted by Gasteiger charge is 2.33. The minimum absolute atomic E-state index is 0.105. The molecule has 0 atom stereocenters. The van der Waals surface area contributed by atoms with Gasteiger partial charge < -0.3 is 4.42 Å². The second kappa shape index (κ2) is 2.88. The number of nitrogens with zero attached hydrogens (tertiary/aromatic N) is 1. The van der Waals surface area contributed by atoms with E-state index in [1.165, 1.54) is 6.20 Å². The van der Waals surface area contributed by atoms with Crippen molar-refractivity contribution in [1.29, 1.82) is 0 Å². The summed E-state index contributed by atoms with van der Waals surface area (Å²) in [6.45, 7) is 1.71. The standard InChI is InChI=1S/C12H7NO3/c1-6-5-8-10(14)7-3-2-4-13-9(7)11(15)12(8)16-6/h2-5H,1H3. The Morgan fingerprint density at radius 3 is 2.81 bits per heavy atom. The van der Waals surface area contributed by atoms with Gasteiger partial charge in [-0.1, -0.05) is 0 Å². The number of ketones is 2. The molecule has 0 unspecified atom stereocenters. The van der Waals surface area contributed by atoms with Crippen LogP contribution in [0.4, 0.5) is 0 Å². The Morgan fingerprint density at radius 1 is 1.19 bits per heavy atom. The highest BCUT2D eigenvalue weighted by atomic mass is 16.3. The first-order chi connectivity index (χ1) is 7.68. The molecule has 0 saturated carbocycles. The second-order valence-electron chi connectivity index (χ2n) is 3.66. The maximum absolute atomic E-state index is 12.0. The van der Waals surface area contributed by atoms with Crippen LogP contribution in [0, 0.1) is 6.92 Å². The lowest BCUT2D eigenvalue weighted by Crippen LogP contribution is -2.20. The van der Waals surface area contributed by atoms with Gasteiger partial charge in [-0.3, -0.25) is 14.6 Å². The maximum atomic E-state index is 12.0. The summed E-state index contributed by atoms with van der Waals surface area (Å²) in [7, 11) is 0. The first kappa shape index (κ1) is 9.03. The number of pyridine rings is 1. The summed E-state index contributed by atoms with van der Waals surface area (Å²) in [5, 5.41) is 0. The zero-order chi connectivity index (χ0) is 11.3. The van der Waals surface area contributed by atoms with Crippen LogP contribution < -0.4 is 0 Å². The summed E-state index contributed by atoms with van der Waals surface area (Å²) in [5.41, 5.74) is 0.859. The molecule has 0 saturated heterocycles. The molecular formula is C12H7NO3. The van der Waals surface area contributed by atoms with Crippen molar-refractivity contribution >= 4 is 11.6 Å². The Balaban J connectivity index is 2.34. The van der Waals surface area contributed by atoms with E-state index < -0.39 is 0 Å². The second-order valence-corrected chi connectivity index (χ2v) is 3.66. The van der Waals surface area contributed by atoms with Crippen LogP contribution in [0.2, 0.25) is 0 Å². The van der Waals surface area contributed by atoms with Gasteiger partial charge in [-0.15, -0.1) is 0 Å². The molecule has 1 aliphatic rings. The number of aryl methyl sites for hydroxylation is 1. The third-order valence-electron chi connectivity index (χ3n) is 2.57. The number of carbonyl (C=O) groups excluding carboxylic acids is 2. The average Bonchev–Trinajstić information content (AvgIpc) is 2.68. The Bertz CT molecular complexity index is 572. The van der Waals surface area contributed by atoms with Crippen LogP contribution in [-0.2, 0) is 0 Å². The summed E-state index contributed by atoms with van der Waals surface area (Å²) in [6.07, 6.45) is 1.49. The summed E-state index contributed by atoms with van der Waals surface area (Å²) < 4.78 is 5.24. The van der Waals surface area contributed by atoms with Crippen LogP contribution in [0.15, 0.2) is 28.8 Å². The molecule has 0 radical (unpaired) electrons. The van der Waals surface area contributed by atoms with E-state index in [2.05, 4.69) is 4.98 Å². The SMILES string of the molecule is Cc1cc2c(o1)C(=O)c1ncccc1C2=O. The van der Waals surface area contributed by atoms with Crippen LogP contribution >= 0.6 is 0 Å². The lowest BCUT2D eigenvalue weighted by Gasteiger charge is -2.10. The van der Waals surface area contributed by atoms with E-state index in [1.54, 1.807) is 25.1 Å². The van der Waals surface area contributed by atoms with E-state index >= 15 is 0 Å². The van der Waals surface area contributed by atoms with Crippen molar-refractivity contribution in [2.24, 2.45) is 0 Å². The average molecular weight is 213 g/mol. The maximum Gasteiger partial charge on any atom is 0.247 e. The molecule has 0 spiro atoms. The van der Waals surface area contributed by atoms with Gasteiger partial charge in [0.05, 0.1) is 11.1 Å². The lowest BCUT2D eigenvalue weighted by atomic mass is 9.92. The van der Waals surface area contributed by atoms with Gasteiger partial charge in [0.25, 0.3) is 0 Å². The van der Waals surface area contributed by atoms with E-state index in [0.29, 0.717) is 16.9 Å². The van der Waals surface area contributed by atoms with Gasteiger partial charge in [0.1, 0.15) is 11.5 Å². The van der Waals surface area contributed by atoms with Gasteiger partial charge in [0.15, 0.2) is 11.5 Å². The predicted octanol–water partition coefficient (Wildman–Crippen LogP) is 1.76. The van der Waals surface area contributed by atoms with Crippen LogP contribution in [0.25, 0.3) is 0 Å². The molecule has 4 heteroatoms. The normalized spacial score (nSPS) is 13.6. The zero-order valence-electron chi connectivity index (χ0n) is 8.48.